The van der Waals surface area contributed by atoms with E-state index in [0.29, 0.717) is 6.20 Å². The van der Waals surface area contributed by atoms with Crippen LogP contribution in [0.5, 0.6) is 5.75 Å². The van der Waals surface area contributed by atoms with Gasteiger partial charge in [0.25, 0.3) is 6.43 Å². The SMILES string of the molecule is COc1c(C(F)(F)F)cnc(CC#N)c1C(F)F. The van der Waals surface area contributed by atoms with Crippen molar-refractivity contribution < 1.29 is 26.7 Å². The summed E-state index contributed by atoms with van der Waals surface area (Å²) in [4.78, 5) is 3.26. The normalized spacial score (nSPS) is 11.4. The summed E-state index contributed by atoms with van der Waals surface area (Å²) in [5.41, 5.74) is -2.80. The minimum Gasteiger partial charge on any atom is -0.495 e. The number of rotatable bonds is 3. The largest absolute Gasteiger partial charge is 0.495 e. The molecule has 8 heteroatoms. The minimum absolute atomic E-state index is 0.386. The highest BCUT2D eigenvalue weighted by Gasteiger charge is 2.38. The van der Waals surface area contributed by atoms with Crippen molar-refractivity contribution in [2.75, 3.05) is 7.11 Å². The molecule has 0 atom stereocenters. The molecule has 0 fully saturated rings. The molecule has 0 saturated carbocycles. The van der Waals surface area contributed by atoms with Gasteiger partial charge in [0, 0.05) is 6.20 Å². The summed E-state index contributed by atoms with van der Waals surface area (Å²) in [5, 5.41) is 8.42. The van der Waals surface area contributed by atoms with Gasteiger partial charge in [-0.1, -0.05) is 0 Å². The predicted octanol–water partition coefficient (Wildman–Crippen LogP) is 3.11. The van der Waals surface area contributed by atoms with Crippen LogP contribution < -0.4 is 4.74 Å². The third kappa shape index (κ3) is 2.67. The van der Waals surface area contributed by atoms with E-state index in [4.69, 9.17) is 5.26 Å². The van der Waals surface area contributed by atoms with Gasteiger partial charge >= 0.3 is 6.18 Å². The lowest BCUT2D eigenvalue weighted by atomic mass is 10.1. The molecule has 0 N–H and O–H groups in total. The van der Waals surface area contributed by atoms with Crippen molar-refractivity contribution in [3.63, 3.8) is 0 Å². The summed E-state index contributed by atoms with van der Waals surface area (Å²) in [6.45, 7) is 0. The van der Waals surface area contributed by atoms with E-state index < -0.39 is 41.6 Å². The summed E-state index contributed by atoms with van der Waals surface area (Å²) in [6.07, 6.45) is -8.20. The van der Waals surface area contributed by atoms with Crippen LogP contribution in [-0.4, -0.2) is 12.1 Å². The van der Waals surface area contributed by atoms with Crippen LogP contribution in [-0.2, 0) is 12.6 Å². The van der Waals surface area contributed by atoms with Crippen LogP contribution in [0.2, 0.25) is 0 Å². The summed E-state index contributed by atoms with van der Waals surface area (Å²) in [5.74, 6) is -0.988. The van der Waals surface area contributed by atoms with Crippen LogP contribution in [0.15, 0.2) is 6.20 Å². The van der Waals surface area contributed by atoms with Gasteiger partial charge < -0.3 is 4.74 Å². The Labute approximate surface area is 98.8 Å². The molecular formula is C10H7F5N2O. The molecule has 1 heterocycles. The topological polar surface area (TPSA) is 45.9 Å². The Hall–Kier alpha value is -1.91. The Morgan fingerprint density at radius 2 is 2.06 bits per heavy atom. The summed E-state index contributed by atoms with van der Waals surface area (Å²) in [6, 6.07) is 1.56. The number of hydrogen-bond donors (Lipinski definition) is 0. The zero-order valence-electron chi connectivity index (χ0n) is 9.05. The first-order chi connectivity index (χ1) is 8.32. The van der Waals surface area contributed by atoms with Crippen molar-refractivity contribution in [2.24, 2.45) is 0 Å². The molecular weight excluding hydrogens is 259 g/mol. The van der Waals surface area contributed by atoms with E-state index in [1.807, 2.05) is 0 Å². The molecule has 98 valence electrons. The lowest BCUT2D eigenvalue weighted by Gasteiger charge is -2.16. The minimum atomic E-state index is -4.85. The van der Waals surface area contributed by atoms with E-state index in [-0.39, 0.29) is 0 Å². The molecule has 0 aliphatic rings. The molecule has 0 radical (unpaired) electrons. The second-order valence-corrected chi connectivity index (χ2v) is 3.20. The maximum Gasteiger partial charge on any atom is 0.421 e. The first-order valence-electron chi connectivity index (χ1n) is 4.61. The molecule has 0 aliphatic heterocycles. The fraction of sp³-hybridized carbons (Fsp3) is 0.400. The Morgan fingerprint density at radius 1 is 1.44 bits per heavy atom. The molecule has 0 aromatic carbocycles. The lowest BCUT2D eigenvalue weighted by Crippen LogP contribution is -2.12. The van der Waals surface area contributed by atoms with Crippen LogP contribution in [0.25, 0.3) is 0 Å². The monoisotopic (exact) mass is 266 g/mol. The zero-order chi connectivity index (χ0) is 13.9. The van der Waals surface area contributed by atoms with Gasteiger partial charge in [0.2, 0.25) is 0 Å². The second kappa shape index (κ2) is 5.16. The highest BCUT2D eigenvalue weighted by Crippen LogP contribution is 2.41. The molecule has 1 aromatic rings. The van der Waals surface area contributed by atoms with Crippen molar-refractivity contribution in [1.82, 2.24) is 4.98 Å². The van der Waals surface area contributed by atoms with Gasteiger partial charge in [-0.15, -0.1) is 0 Å². The predicted molar refractivity (Wildman–Crippen MR) is 50.1 cm³/mol. The van der Waals surface area contributed by atoms with Gasteiger partial charge in [-0.05, 0) is 0 Å². The van der Waals surface area contributed by atoms with E-state index in [2.05, 4.69) is 9.72 Å². The van der Waals surface area contributed by atoms with Crippen LogP contribution in [0.3, 0.4) is 0 Å². The number of ether oxygens (including phenoxy) is 1. The second-order valence-electron chi connectivity index (χ2n) is 3.20. The number of hydrogen-bond acceptors (Lipinski definition) is 3. The average molecular weight is 266 g/mol. The summed E-state index contributed by atoms with van der Waals surface area (Å²) < 4.78 is 67.6. The maximum absolute atomic E-state index is 12.8. The van der Waals surface area contributed by atoms with Gasteiger partial charge in [-0.3, -0.25) is 4.98 Å². The quantitative estimate of drug-likeness (QED) is 0.789. The van der Waals surface area contributed by atoms with E-state index in [9.17, 15) is 22.0 Å². The van der Waals surface area contributed by atoms with Crippen molar-refractivity contribution in [3.8, 4) is 11.8 Å². The van der Waals surface area contributed by atoms with Crippen LogP contribution >= 0.6 is 0 Å². The molecule has 0 amide bonds. The van der Waals surface area contributed by atoms with E-state index in [0.717, 1.165) is 7.11 Å². The fourth-order valence-corrected chi connectivity index (χ4v) is 1.41. The summed E-state index contributed by atoms with van der Waals surface area (Å²) >= 11 is 0. The summed E-state index contributed by atoms with van der Waals surface area (Å²) in [7, 11) is 0.854. The molecule has 1 aromatic heterocycles. The van der Waals surface area contributed by atoms with Crippen LogP contribution in [0, 0.1) is 11.3 Å². The molecule has 0 aliphatic carbocycles. The Kier molecular flexibility index (Phi) is 4.06. The first kappa shape index (κ1) is 14.2. The number of methoxy groups -OCH3 is 1. The lowest BCUT2D eigenvalue weighted by molar-refractivity contribution is -0.139. The van der Waals surface area contributed by atoms with Crippen molar-refractivity contribution in [2.45, 2.75) is 19.0 Å². The standard InChI is InChI=1S/C10H7F5N2O/c1-18-8-5(10(13,14)15)4-17-6(2-3-16)7(8)9(11)12/h4,9H,2H2,1H3. The number of nitriles is 1. The van der Waals surface area contributed by atoms with Gasteiger partial charge in [0.15, 0.2) is 0 Å². The number of pyridine rings is 1. The molecule has 0 bridgehead atoms. The van der Waals surface area contributed by atoms with Gasteiger partial charge in [0.05, 0.1) is 30.9 Å². The zero-order valence-corrected chi connectivity index (χ0v) is 9.05. The van der Waals surface area contributed by atoms with Crippen LogP contribution in [0.1, 0.15) is 23.2 Å². The average Bonchev–Trinajstić information content (AvgIpc) is 2.26. The van der Waals surface area contributed by atoms with E-state index >= 15 is 0 Å². The number of alkyl halides is 5. The maximum atomic E-state index is 12.8. The van der Waals surface area contributed by atoms with Gasteiger partial charge in [-0.25, -0.2) is 8.78 Å². The van der Waals surface area contributed by atoms with E-state index in [1.54, 1.807) is 6.07 Å². The molecule has 0 unspecified atom stereocenters. The smallest absolute Gasteiger partial charge is 0.421 e. The van der Waals surface area contributed by atoms with Crippen molar-refractivity contribution in [3.05, 3.63) is 23.0 Å². The highest BCUT2D eigenvalue weighted by molar-refractivity contribution is 5.45. The van der Waals surface area contributed by atoms with Crippen molar-refractivity contribution >= 4 is 0 Å². The molecule has 18 heavy (non-hydrogen) atoms. The molecule has 3 nitrogen and oxygen atoms in total. The third-order valence-corrected chi connectivity index (χ3v) is 2.12. The first-order valence-corrected chi connectivity index (χ1v) is 4.61. The van der Waals surface area contributed by atoms with Gasteiger partial charge in [0.1, 0.15) is 11.3 Å². The van der Waals surface area contributed by atoms with E-state index in [1.165, 1.54) is 0 Å². The van der Waals surface area contributed by atoms with Gasteiger partial charge in [-0.2, -0.15) is 18.4 Å². The third-order valence-electron chi connectivity index (χ3n) is 2.12. The Morgan fingerprint density at radius 3 is 2.44 bits per heavy atom. The molecule has 1 rings (SSSR count). The Bertz CT molecular complexity index is 478. The molecule has 0 saturated heterocycles. The Balaban J connectivity index is 3.54. The van der Waals surface area contributed by atoms with Crippen LogP contribution in [0.4, 0.5) is 22.0 Å². The number of aromatic nitrogens is 1. The highest BCUT2D eigenvalue weighted by atomic mass is 19.4. The number of nitrogens with zero attached hydrogens (tertiary/aromatic N) is 2. The number of halogens is 5. The molecule has 0 spiro atoms. The fourth-order valence-electron chi connectivity index (χ4n) is 1.41. The van der Waals surface area contributed by atoms with Crippen molar-refractivity contribution in [1.29, 1.82) is 5.26 Å².